The van der Waals surface area contributed by atoms with Crippen molar-refractivity contribution in [1.29, 1.82) is 0 Å². The predicted octanol–water partition coefficient (Wildman–Crippen LogP) is 5.45. The first-order valence-electron chi connectivity index (χ1n) is 10.4. The number of carbonyl (C=O) groups is 2. The second kappa shape index (κ2) is 8.02. The lowest BCUT2D eigenvalue weighted by Crippen LogP contribution is -2.49. The zero-order chi connectivity index (χ0) is 21.3. The molecule has 2 aromatic carbocycles. The number of fused-ring (bicyclic) bond motifs is 3. The van der Waals surface area contributed by atoms with Crippen molar-refractivity contribution in [2.24, 2.45) is 23.7 Å². The van der Waals surface area contributed by atoms with Crippen LogP contribution in [0.15, 0.2) is 48.5 Å². The van der Waals surface area contributed by atoms with Crippen LogP contribution in [0.5, 0.6) is 0 Å². The summed E-state index contributed by atoms with van der Waals surface area (Å²) in [5.74, 6) is -3.26. The van der Waals surface area contributed by atoms with Crippen LogP contribution in [-0.4, -0.2) is 22.2 Å². The summed E-state index contributed by atoms with van der Waals surface area (Å²) >= 11 is 0. The highest BCUT2D eigenvalue weighted by molar-refractivity contribution is 5.89. The third-order valence-corrected chi connectivity index (χ3v) is 6.15. The Labute approximate surface area is 172 Å². The summed E-state index contributed by atoms with van der Waals surface area (Å²) in [6, 6.07) is 15.5. The summed E-state index contributed by atoms with van der Waals surface area (Å²) in [4.78, 5) is 25.3. The van der Waals surface area contributed by atoms with Gasteiger partial charge in [-0.05, 0) is 46.9 Å². The van der Waals surface area contributed by atoms with Crippen LogP contribution in [0.1, 0.15) is 51.7 Å². The van der Waals surface area contributed by atoms with Gasteiger partial charge in [0.25, 0.3) is 0 Å². The van der Waals surface area contributed by atoms with Crippen molar-refractivity contribution in [2.75, 3.05) is 0 Å². The van der Waals surface area contributed by atoms with Crippen molar-refractivity contribution in [1.82, 2.24) is 0 Å². The molecule has 0 aromatic heterocycles. The number of carboxylic acid groups (broad SMARTS) is 2. The molecule has 2 unspecified atom stereocenters. The molecule has 0 spiro atoms. The van der Waals surface area contributed by atoms with Crippen LogP contribution in [0, 0.1) is 23.7 Å². The van der Waals surface area contributed by atoms with Gasteiger partial charge in [-0.1, -0.05) is 76.2 Å². The van der Waals surface area contributed by atoms with Crippen LogP contribution in [0.4, 0.5) is 0 Å². The molecule has 4 heteroatoms. The van der Waals surface area contributed by atoms with E-state index in [0.717, 1.165) is 22.3 Å². The highest BCUT2D eigenvalue weighted by Gasteiger charge is 2.58. The second-order valence-corrected chi connectivity index (χ2v) is 9.00. The fraction of sp³-hybridized carbons (Fsp3) is 0.440. The Morgan fingerprint density at radius 3 is 1.38 bits per heavy atom. The van der Waals surface area contributed by atoms with Crippen molar-refractivity contribution in [2.45, 2.75) is 46.0 Å². The number of aliphatic carboxylic acids is 2. The molecule has 3 rings (SSSR count). The van der Waals surface area contributed by atoms with Crippen LogP contribution in [0.3, 0.4) is 0 Å². The normalized spacial score (nSPS) is 16.3. The smallest absolute Gasteiger partial charge is 0.307 e. The molecule has 1 aliphatic rings. The van der Waals surface area contributed by atoms with E-state index in [1.807, 2.05) is 76.2 Å². The maximum atomic E-state index is 12.7. The lowest BCUT2D eigenvalue weighted by atomic mass is 9.57. The molecule has 0 saturated carbocycles. The molecule has 29 heavy (non-hydrogen) atoms. The van der Waals surface area contributed by atoms with E-state index in [-0.39, 0.29) is 11.8 Å². The molecule has 0 aliphatic heterocycles. The monoisotopic (exact) mass is 394 g/mol. The van der Waals surface area contributed by atoms with E-state index in [2.05, 4.69) is 0 Å². The van der Waals surface area contributed by atoms with Crippen LogP contribution in [0.2, 0.25) is 0 Å². The molecule has 0 saturated heterocycles. The fourth-order valence-corrected chi connectivity index (χ4v) is 5.20. The Hall–Kier alpha value is -2.62. The molecule has 154 valence electrons. The average molecular weight is 395 g/mol. The van der Waals surface area contributed by atoms with E-state index in [1.54, 1.807) is 0 Å². The quantitative estimate of drug-likeness (QED) is 0.624. The average Bonchev–Trinajstić information content (AvgIpc) is 2.95. The third kappa shape index (κ3) is 3.45. The standard InChI is InChI=1S/C25H30O4/c1-15(2)13-21(23(26)27)25(22(24(28)29)14-16(3)4)19-11-7-5-9-17(19)18-10-6-8-12-20(18)25/h5-12,15-16,21-22H,13-14H2,1-4H3,(H,26,27)(H,28,29). The van der Waals surface area contributed by atoms with E-state index in [9.17, 15) is 19.8 Å². The van der Waals surface area contributed by atoms with E-state index in [0.29, 0.717) is 12.8 Å². The fourth-order valence-electron chi connectivity index (χ4n) is 5.20. The van der Waals surface area contributed by atoms with Crippen LogP contribution >= 0.6 is 0 Å². The molecule has 4 nitrogen and oxygen atoms in total. The van der Waals surface area contributed by atoms with Gasteiger partial charge in [-0.15, -0.1) is 0 Å². The number of hydrogen-bond donors (Lipinski definition) is 2. The van der Waals surface area contributed by atoms with Gasteiger partial charge in [0, 0.05) is 5.41 Å². The predicted molar refractivity (Wildman–Crippen MR) is 114 cm³/mol. The van der Waals surface area contributed by atoms with Crippen LogP contribution in [0.25, 0.3) is 11.1 Å². The highest BCUT2D eigenvalue weighted by atomic mass is 16.4. The van der Waals surface area contributed by atoms with Gasteiger partial charge < -0.3 is 10.2 Å². The summed E-state index contributed by atoms with van der Waals surface area (Å²) in [6.07, 6.45) is 0.833. The summed E-state index contributed by atoms with van der Waals surface area (Å²) in [5.41, 5.74) is 2.48. The first kappa shape index (κ1) is 21.1. The Balaban J connectivity index is 2.43. The van der Waals surface area contributed by atoms with E-state index >= 15 is 0 Å². The number of hydrogen-bond acceptors (Lipinski definition) is 2. The van der Waals surface area contributed by atoms with E-state index in [1.165, 1.54) is 0 Å². The van der Waals surface area contributed by atoms with Gasteiger partial charge in [0.2, 0.25) is 0 Å². The minimum atomic E-state index is -1.10. The maximum absolute atomic E-state index is 12.7. The van der Waals surface area contributed by atoms with Crippen molar-refractivity contribution < 1.29 is 19.8 Å². The lowest BCUT2D eigenvalue weighted by Gasteiger charge is -2.43. The van der Waals surface area contributed by atoms with Crippen molar-refractivity contribution in [3.63, 3.8) is 0 Å². The first-order chi connectivity index (χ1) is 13.7. The van der Waals surface area contributed by atoms with Gasteiger partial charge in [0.05, 0.1) is 11.8 Å². The zero-order valence-electron chi connectivity index (χ0n) is 17.6. The summed E-state index contributed by atoms with van der Waals surface area (Å²) in [7, 11) is 0. The Bertz CT molecular complexity index is 837. The van der Waals surface area contributed by atoms with Gasteiger partial charge in [-0.3, -0.25) is 9.59 Å². The summed E-state index contributed by atoms with van der Waals surface area (Å²) in [6.45, 7) is 7.98. The second-order valence-electron chi connectivity index (χ2n) is 9.00. The molecule has 0 radical (unpaired) electrons. The Kier molecular flexibility index (Phi) is 5.83. The Morgan fingerprint density at radius 1 is 0.724 bits per heavy atom. The van der Waals surface area contributed by atoms with Gasteiger partial charge >= 0.3 is 11.9 Å². The van der Waals surface area contributed by atoms with E-state index in [4.69, 9.17) is 0 Å². The van der Waals surface area contributed by atoms with Gasteiger partial charge in [-0.2, -0.15) is 0 Å². The summed E-state index contributed by atoms with van der Waals surface area (Å²) < 4.78 is 0. The number of rotatable bonds is 8. The Morgan fingerprint density at radius 2 is 1.07 bits per heavy atom. The maximum Gasteiger partial charge on any atom is 0.307 e. The van der Waals surface area contributed by atoms with Gasteiger partial charge in [-0.25, -0.2) is 0 Å². The van der Waals surface area contributed by atoms with Crippen molar-refractivity contribution in [3.8, 4) is 11.1 Å². The molecule has 0 bridgehead atoms. The van der Waals surface area contributed by atoms with Gasteiger partial charge in [0.1, 0.15) is 0 Å². The van der Waals surface area contributed by atoms with Crippen molar-refractivity contribution in [3.05, 3.63) is 59.7 Å². The molecule has 0 heterocycles. The highest BCUT2D eigenvalue weighted by Crippen LogP contribution is 2.58. The minimum absolute atomic E-state index is 0.126. The third-order valence-electron chi connectivity index (χ3n) is 6.15. The largest absolute Gasteiger partial charge is 0.481 e. The minimum Gasteiger partial charge on any atom is -0.481 e. The first-order valence-corrected chi connectivity index (χ1v) is 10.4. The van der Waals surface area contributed by atoms with Crippen molar-refractivity contribution >= 4 is 11.9 Å². The van der Waals surface area contributed by atoms with Crippen LogP contribution < -0.4 is 0 Å². The molecule has 2 atom stereocenters. The molecule has 2 N–H and O–H groups in total. The zero-order valence-corrected chi connectivity index (χ0v) is 17.6. The molecule has 1 aliphatic carbocycles. The van der Waals surface area contributed by atoms with Crippen LogP contribution in [-0.2, 0) is 15.0 Å². The molecule has 2 aromatic rings. The summed E-state index contributed by atoms with van der Waals surface area (Å²) in [5, 5.41) is 20.7. The van der Waals surface area contributed by atoms with E-state index < -0.39 is 29.2 Å². The topological polar surface area (TPSA) is 74.6 Å². The molecule has 0 amide bonds. The SMILES string of the molecule is CC(C)CC(C(=O)O)C1(C(CC(C)C)C(=O)O)c2ccccc2-c2ccccc21. The number of benzene rings is 2. The number of carboxylic acids is 2. The molecular formula is C25H30O4. The molecule has 0 fully saturated rings. The van der Waals surface area contributed by atoms with Gasteiger partial charge in [0.15, 0.2) is 0 Å². The lowest BCUT2D eigenvalue weighted by molar-refractivity contribution is -0.151. The molecular weight excluding hydrogens is 364 g/mol.